The van der Waals surface area contributed by atoms with Crippen molar-refractivity contribution in [2.45, 2.75) is 26.4 Å². The Morgan fingerprint density at radius 2 is 2.12 bits per heavy atom. The summed E-state index contributed by atoms with van der Waals surface area (Å²) in [5.74, 6) is 0.223. The predicted molar refractivity (Wildman–Crippen MR) is 95.0 cm³/mol. The standard InChI is InChI=1S/C18H20N2O3S/c1-4-12-9-16(24-11(12)2)18(22)20-10-15(17(21)19-3)23-14-8-6-5-7-13(14)20/h5-9,15H,4,10H2,1-3H3,(H,19,21)/t15-/m1/s1. The van der Waals surface area contributed by atoms with Crippen LogP contribution in [0.5, 0.6) is 5.75 Å². The van der Waals surface area contributed by atoms with Crippen molar-refractivity contribution in [1.82, 2.24) is 5.32 Å². The molecule has 1 aliphatic rings. The third-order valence-corrected chi connectivity index (χ3v) is 5.25. The highest BCUT2D eigenvalue weighted by Gasteiger charge is 2.34. The Hall–Kier alpha value is -2.34. The highest BCUT2D eigenvalue weighted by molar-refractivity contribution is 7.14. The van der Waals surface area contributed by atoms with Gasteiger partial charge < -0.3 is 10.1 Å². The molecule has 2 heterocycles. The summed E-state index contributed by atoms with van der Waals surface area (Å²) >= 11 is 1.50. The number of anilines is 1. The molecule has 6 heteroatoms. The fourth-order valence-corrected chi connectivity index (χ4v) is 3.90. The number of fused-ring (bicyclic) bond motifs is 1. The second-order valence-corrected chi connectivity index (χ2v) is 6.91. The number of benzene rings is 1. The molecule has 24 heavy (non-hydrogen) atoms. The van der Waals surface area contributed by atoms with Crippen LogP contribution in [0.2, 0.25) is 0 Å². The van der Waals surface area contributed by atoms with Crippen molar-refractivity contribution in [3.05, 3.63) is 45.6 Å². The van der Waals surface area contributed by atoms with Crippen LogP contribution in [0.3, 0.4) is 0 Å². The van der Waals surface area contributed by atoms with Gasteiger partial charge in [0.05, 0.1) is 17.1 Å². The van der Waals surface area contributed by atoms with Crippen LogP contribution in [0.15, 0.2) is 30.3 Å². The third kappa shape index (κ3) is 2.89. The van der Waals surface area contributed by atoms with Crippen LogP contribution in [0, 0.1) is 6.92 Å². The van der Waals surface area contributed by atoms with Gasteiger partial charge in [-0.2, -0.15) is 0 Å². The van der Waals surface area contributed by atoms with Crippen LogP contribution in [-0.4, -0.2) is 31.5 Å². The van der Waals surface area contributed by atoms with E-state index in [4.69, 9.17) is 4.74 Å². The fraction of sp³-hybridized carbons (Fsp3) is 0.333. The quantitative estimate of drug-likeness (QED) is 0.931. The molecule has 3 rings (SSSR count). The minimum atomic E-state index is -0.708. The molecule has 5 nitrogen and oxygen atoms in total. The van der Waals surface area contributed by atoms with Gasteiger partial charge in [-0.1, -0.05) is 19.1 Å². The number of nitrogens with one attached hydrogen (secondary N) is 1. The van der Waals surface area contributed by atoms with E-state index in [1.54, 1.807) is 18.0 Å². The lowest BCUT2D eigenvalue weighted by atomic mass is 10.1. The van der Waals surface area contributed by atoms with Crippen molar-refractivity contribution in [2.24, 2.45) is 0 Å². The maximum absolute atomic E-state index is 13.0. The van der Waals surface area contributed by atoms with Crippen LogP contribution < -0.4 is 15.0 Å². The maximum atomic E-state index is 13.0. The molecule has 1 aromatic heterocycles. The molecule has 2 aromatic rings. The van der Waals surface area contributed by atoms with E-state index in [9.17, 15) is 9.59 Å². The summed E-state index contributed by atoms with van der Waals surface area (Å²) < 4.78 is 5.75. The zero-order valence-electron chi connectivity index (χ0n) is 14.0. The number of hydrogen-bond donors (Lipinski definition) is 1. The minimum Gasteiger partial charge on any atom is -0.477 e. The molecule has 0 saturated heterocycles. The lowest BCUT2D eigenvalue weighted by Crippen LogP contribution is -2.50. The molecule has 1 aromatic carbocycles. The number of carbonyl (C=O) groups excluding carboxylic acids is 2. The van der Waals surface area contributed by atoms with Gasteiger partial charge in [-0.15, -0.1) is 11.3 Å². The van der Waals surface area contributed by atoms with Crippen molar-refractivity contribution in [1.29, 1.82) is 0 Å². The monoisotopic (exact) mass is 344 g/mol. The van der Waals surface area contributed by atoms with Gasteiger partial charge in [0.15, 0.2) is 6.10 Å². The van der Waals surface area contributed by atoms with Crippen molar-refractivity contribution in [3.8, 4) is 5.75 Å². The number of hydrogen-bond acceptors (Lipinski definition) is 4. The lowest BCUT2D eigenvalue weighted by molar-refractivity contribution is -0.127. The van der Waals surface area contributed by atoms with Crippen LogP contribution in [0.4, 0.5) is 5.69 Å². The van der Waals surface area contributed by atoms with Gasteiger partial charge in [0.1, 0.15) is 5.75 Å². The smallest absolute Gasteiger partial charge is 0.268 e. The molecule has 0 unspecified atom stereocenters. The molecular formula is C18H20N2O3S. The first-order chi connectivity index (χ1) is 11.5. The van der Waals surface area contributed by atoms with Gasteiger partial charge in [-0.3, -0.25) is 14.5 Å². The van der Waals surface area contributed by atoms with Crippen LogP contribution in [0.1, 0.15) is 27.0 Å². The zero-order chi connectivity index (χ0) is 17.3. The number of thiophene rings is 1. The molecule has 1 N–H and O–H groups in total. The van der Waals surface area contributed by atoms with E-state index in [0.29, 0.717) is 16.3 Å². The Morgan fingerprint density at radius 1 is 1.38 bits per heavy atom. The second kappa shape index (κ2) is 6.65. The SMILES string of the molecule is CCc1cc(C(=O)N2C[C@H](C(=O)NC)Oc3ccccc32)sc1C. The minimum absolute atomic E-state index is 0.0903. The summed E-state index contributed by atoms with van der Waals surface area (Å²) in [6.45, 7) is 4.31. The van der Waals surface area contributed by atoms with Crippen LogP contribution >= 0.6 is 11.3 Å². The largest absolute Gasteiger partial charge is 0.477 e. The molecule has 126 valence electrons. The number of nitrogens with zero attached hydrogens (tertiary/aromatic N) is 1. The van der Waals surface area contributed by atoms with E-state index in [-0.39, 0.29) is 18.4 Å². The summed E-state index contributed by atoms with van der Waals surface area (Å²) in [5.41, 5.74) is 1.89. The fourth-order valence-electron chi connectivity index (χ4n) is 2.83. The first-order valence-electron chi connectivity index (χ1n) is 7.93. The number of aryl methyl sites for hydroxylation is 2. The average Bonchev–Trinajstić information content (AvgIpc) is 3.00. The highest BCUT2D eigenvalue weighted by atomic mass is 32.1. The summed E-state index contributed by atoms with van der Waals surface area (Å²) in [6.07, 6.45) is 0.191. The Bertz CT molecular complexity index is 784. The number of para-hydroxylation sites is 2. The maximum Gasteiger partial charge on any atom is 0.268 e. The van der Waals surface area contributed by atoms with Gasteiger partial charge in [0.2, 0.25) is 0 Å². The van der Waals surface area contributed by atoms with Crippen LogP contribution in [0.25, 0.3) is 0 Å². The summed E-state index contributed by atoms with van der Waals surface area (Å²) in [7, 11) is 1.56. The predicted octanol–water partition coefficient (Wildman–Crippen LogP) is 2.77. The Balaban J connectivity index is 1.98. The van der Waals surface area contributed by atoms with Crippen LogP contribution in [-0.2, 0) is 11.2 Å². The zero-order valence-corrected chi connectivity index (χ0v) is 14.8. The highest BCUT2D eigenvalue weighted by Crippen LogP contribution is 2.35. The van der Waals surface area contributed by atoms with Gasteiger partial charge >= 0.3 is 0 Å². The van der Waals surface area contributed by atoms with E-state index < -0.39 is 6.10 Å². The number of likely N-dealkylation sites (N-methyl/N-ethyl adjacent to an activating group) is 1. The van der Waals surface area contributed by atoms with Gasteiger partial charge in [0.25, 0.3) is 11.8 Å². The Kier molecular flexibility index (Phi) is 4.57. The van der Waals surface area contributed by atoms with Crippen molar-refractivity contribution in [3.63, 3.8) is 0 Å². The Morgan fingerprint density at radius 3 is 2.79 bits per heavy atom. The molecule has 0 spiro atoms. The number of carbonyl (C=O) groups is 2. The summed E-state index contributed by atoms with van der Waals surface area (Å²) in [4.78, 5) is 28.6. The average molecular weight is 344 g/mol. The normalized spacial score (nSPS) is 16.3. The van der Waals surface area contributed by atoms with E-state index in [2.05, 4.69) is 12.2 Å². The van der Waals surface area contributed by atoms with E-state index in [1.165, 1.54) is 16.9 Å². The number of ether oxygens (including phenoxy) is 1. The third-order valence-electron chi connectivity index (χ3n) is 4.17. The molecule has 0 aliphatic carbocycles. The van der Waals surface area contributed by atoms with Gasteiger partial charge in [-0.25, -0.2) is 0 Å². The van der Waals surface area contributed by atoms with Crippen molar-refractivity contribution < 1.29 is 14.3 Å². The first-order valence-corrected chi connectivity index (χ1v) is 8.75. The number of rotatable bonds is 3. The molecule has 0 radical (unpaired) electrons. The summed E-state index contributed by atoms with van der Waals surface area (Å²) in [6, 6.07) is 9.27. The molecule has 0 saturated carbocycles. The van der Waals surface area contributed by atoms with Gasteiger partial charge in [0, 0.05) is 11.9 Å². The molecule has 0 bridgehead atoms. The van der Waals surface area contributed by atoms with Crippen molar-refractivity contribution >= 4 is 28.8 Å². The molecular weight excluding hydrogens is 324 g/mol. The lowest BCUT2D eigenvalue weighted by Gasteiger charge is -2.33. The summed E-state index contributed by atoms with van der Waals surface area (Å²) in [5, 5.41) is 2.59. The van der Waals surface area contributed by atoms with E-state index in [0.717, 1.165) is 11.3 Å². The topological polar surface area (TPSA) is 58.6 Å². The molecule has 2 amide bonds. The van der Waals surface area contributed by atoms with E-state index in [1.807, 2.05) is 31.2 Å². The second-order valence-electron chi connectivity index (χ2n) is 5.65. The molecule has 1 aliphatic heterocycles. The van der Waals surface area contributed by atoms with Crippen molar-refractivity contribution in [2.75, 3.05) is 18.5 Å². The molecule has 0 fully saturated rings. The van der Waals surface area contributed by atoms with E-state index >= 15 is 0 Å². The molecule has 1 atom stereocenters. The first kappa shape index (κ1) is 16.5. The Labute approximate surface area is 145 Å². The van der Waals surface area contributed by atoms with Gasteiger partial charge in [-0.05, 0) is 37.1 Å². The number of amides is 2.